The minimum Gasteiger partial charge on any atom is -0.495 e. The third kappa shape index (κ3) is 2.38. The quantitative estimate of drug-likeness (QED) is 0.612. The third-order valence-corrected chi connectivity index (χ3v) is 6.28. The average molecular weight is 338 g/mol. The number of ether oxygens (including phenoxy) is 1. The Hall–Kier alpha value is -1.60. The molecule has 2 aliphatic rings. The molecule has 0 N–H and O–H groups in total. The van der Waals surface area contributed by atoms with Crippen LogP contribution in [0.3, 0.4) is 0 Å². The number of thiocarbonyl (C=S) groups is 1. The first kappa shape index (κ1) is 15.3. The van der Waals surface area contributed by atoms with Crippen molar-refractivity contribution in [2.75, 3.05) is 30.1 Å². The second-order valence-corrected chi connectivity index (χ2v) is 8.00. The maximum atomic E-state index is 12.1. The summed E-state index contributed by atoms with van der Waals surface area (Å²) in [6.07, 6.45) is 1.75. The van der Waals surface area contributed by atoms with Crippen molar-refractivity contribution in [3.8, 4) is 5.75 Å². The Balaban J connectivity index is 2.06. The van der Waals surface area contributed by atoms with Crippen LogP contribution in [0.1, 0.15) is 0 Å². The van der Waals surface area contributed by atoms with Gasteiger partial charge in [0.05, 0.1) is 36.4 Å². The third-order valence-electron chi connectivity index (χ3n) is 4.15. The van der Waals surface area contributed by atoms with Gasteiger partial charge in [0, 0.05) is 6.54 Å². The van der Waals surface area contributed by atoms with E-state index in [0.717, 1.165) is 5.69 Å². The van der Waals surface area contributed by atoms with Crippen LogP contribution in [-0.2, 0) is 9.84 Å². The van der Waals surface area contributed by atoms with Crippen molar-refractivity contribution in [3.63, 3.8) is 0 Å². The first-order chi connectivity index (χ1) is 10.5. The number of rotatable bonds is 4. The maximum absolute atomic E-state index is 12.1. The molecule has 0 unspecified atom stereocenters. The molecular weight excluding hydrogens is 320 g/mol. The van der Waals surface area contributed by atoms with Crippen LogP contribution < -0.4 is 9.64 Å². The molecule has 2 atom stereocenters. The van der Waals surface area contributed by atoms with Crippen LogP contribution in [-0.4, -0.2) is 55.7 Å². The molecule has 0 aromatic heterocycles. The van der Waals surface area contributed by atoms with Crippen molar-refractivity contribution in [2.24, 2.45) is 0 Å². The number of nitrogens with zero attached hydrogens (tertiary/aromatic N) is 2. The molecule has 0 saturated carbocycles. The standard InChI is InChI=1S/C15H18N2O3S2/c1-3-8-16-12-9-22(18,19)10-13(12)17(15(16)21)11-6-4-5-7-14(11)20-2/h3-7,12-13H,1,8-10H2,2H3/t12-,13+/m1/s1. The molecule has 0 amide bonds. The number of anilines is 1. The molecule has 3 rings (SSSR count). The number of hydrogen-bond donors (Lipinski definition) is 0. The van der Waals surface area contributed by atoms with E-state index < -0.39 is 9.84 Å². The van der Waals surface area contributed by atoms with Crippen molar-refractivity contribution in [3.05, 3.63) is 36.9 Å². The minimum absolute atomic E-state index is 0.115. The fourth-order valence-corrected chi connectivity index (χ4v) is 5.63. The number of methoxy groups -OCH3 is 1. The molecule has 2 heterocycles. The Bertz CT molecular complexity index is 717. The van der Waals surface area contributed by atoms with E-state index in [2.05, 4.69) is 6.58 Å². The molecule has 1 aromatic carbocycles. The van der Waals surface area contributed by atoms with E-state index in [-0.39, 0.29) is 23.6 Å². The fourth-order valence-electron chi connectivity index (χ4n) is 3.24. The van der Waals surface area contributed by atoms with E-state index in [1.54, 1.807) is 13.2 Å². The minimum atomic E-state index is -3.06. The zero-order chi connectivity index (χ0) is 15.9. The Labute approximate surface area is 136 Å². The molecule has 0 spiro atoms. The second kappa shape index (κ2) is 5.55. The van der Waals surface area contributed by atoms with Gasteiger partial charge in [0.15, 0.2) is 14.9 Å². The molecule has 0 aliphatic carbocycles. The molecule has 7 heteroatoms. The number of sulfone groups is 1. The fraction of sp³-hybridized carbons (Fsp3) is 0.400. The summed E-state index contributed by atoms with van der Waals surface area (Å²) in [6, 6.07) is 7.24. The summed E-state index contributed by atoms with van der Waals surface area (Å²) in [5.41, 5.74) is 0.814. The monoisotopic (exact) mass is 338 g/mol. The van der Waals surface area contributed by atoms with Gasteiger partial charge in [0.1, 0.15) is 5.75 Å². The molecule has 2 aliphatic heterocycles. The molecule has 22 heavy (non-hydrogen) atoms. The van der Waals surface area contributed by atoms with E-state index in [1.807, 2.05) is 34.1 Å². The SMILES string of the molecule is C=CCN1C(=S)N(c2ccccc2OC)[C@H]2CS(=O)(=O)C[C@H]21. The van der Waals surface area contributed by atoms with Gasteiger partial charge in [-0.3, -0.25) is 0 Å². The summed E-state index contributed by atoms with van der Waals surface area (Å²) in [5, 5.41) is 0.634. The van der Waals surface area contributed by atoms with Crippen LogP contribution >= 0.6 is 12.2 Å². The molecule has 2 saturated heterocycles. The first-order valence-corrected chi connectivity index (χ1v) is 9.25. The lowest BCUT2D eigenvalue weighted by atomic mass is 10.1. The summed E-state index contributed by atoms with van der Waals surface area (Å²) in [7, 11) is -1.46. The molecule has 0 bridgehead atoms. The summed E-state index contributed by atoms with van der Waals surface area (Å²) in [6.45, 7) is 4.29. The van der Waals surface area contributed by atoms with Gasteiger partial charge in [-0.05, 0) is 24.4 Å². The molecule has 2 fully saturated rings. The summed E-state index contributed by atoms with van der Waals surface area (Å²) in [4.78, 5) is 3.87. The lowest BCUT2D eigenvalue weighted by Gasteiger charge is -2.26. The lowest BCUT2D eigenvalue weighted by Crippen LogP contribution is -2.37. The van der Waals surface area contributed by atoms with Gasteiger partial charge < -0.3 is 14.5 Å². The van der Waals surface area contributed by atoms with Gasteiger partial charge >= 0.3 is 0 Å². The van der Waals surface area contributed by atoms with E-state index in [0.29, 0.717) is 17.4 Å². The first-order valence-electron chi connectivity index (χ1n) is 7.02. The topological polar surface area (TPSA) is 49.9 Å². The largest absolute Gasteiger partial charge is 0.495 e. The van der Waals surface area contributed by atoms with Gasteiger partial charge in [0.25, 0.3) is 0 Å². The van der Waals surface area contributed by atoms with Gasteiger partial charge in [-0.2, -0.15) is 0 Å². The predicted octanol–water partition coefficient (Wildman–Crippen LogP) is 1.45. The maximum Gasteiger partial charge on any atom is 0.177 e. The van der Waals surface area contributed by atoms with E-state index in [4.69, 9.17) is 17.0 Å². The van der Waals surface area contributed by atoms with Crippen molar-refractivity contribution < 1.29 is 13.2 Å². The van der Waals surface area contributed by atoms with Gasteiger partial charge in [-0.15, -0.1) is 6.58 Å². The van der Waals surface area contributed by atoms with Gasteiger partial charge in [-0.1, -0.05) is 18.2 Å². The summed E-state index contributed by atoms with van der Waals surface area (Å²) >= 11 is 5.60. The van der Waals surface area contributed by atoms with Gasteiger partial charge in [0.2, 0.25) is 0 Å². The van der Waals surface area contributed by atoms with Crippen molar-refractivity contribution in [1.29, 1.82) is 0 Å². The van der Waals surface area contributed by atoms with Crippen LogP contribution in [0.2, 0.25) is 0 Å². The van der Waals surface area contributed by atoms with Crippen LogP contribution in [0, 0.1) is 0 Å². The Kier molecular flexibility index (Phi) is 3.86. The van der Waals surface area contributed by atoms with Crippen molar-refractivity contribution in [2.45, 2.75) is 12.1 Å². The predicted molar refractivity (Wildman–Crippen MR) is 91.2 cm³/mol. The van der Waals surface area contributed by atoms with Crippen LogP contribution in [0.15, 0.2) is 36.9 Å². The van der Waals surface area contributed by atoms with Crippen LogP contribution in [0.25, 0.3) is 0 Å². The molecular formula is C15H18N2O3S2. The highest BCUT2D eigenvalue weighted by Gasteiger charge is 2.52. The highest BCUT2D eigenvalue weighted by molar-refractivity contribution is 7.91. The summed E-state index contributed by atoms with van der Waals surface area (Å²) < 4.78 is 29.6. The van der Waals surface area contributed by atoms with Crippen molar-refractivity contribution >= 4 is 32.9 Å². The molecule has 1 aromatic rings. The van der Waals surface area contributed by atoms with E-state index in [9.17, 15) is 8.42 Å². The molecule has 5 nitrogen and oxygen atoms in total. The van der Waals surface area contributed by atoms with Crippen molar-refractivity contribution in [1.82, 2.24) is 4.90 Å². The normalized spacial score (nSPS) is 26.1. The van der Waals surface area contributed by atoms with Gasteiger partial charge in [-0.25, -0.2) is 8.42 Å². The highest BCUT2D eigenvalue weighted by atomic mass is 32.2. The summed E-state index contributed by atoms with van der Waals surface area (Å²) in [5.74, 6) is 0.939. The number of para-hydroxylation sites is 2. The Morgan fingerprint density at radius 2 is 2.05 bits per heavy atom. The van der Waals surface area contributed by atoms with E-state index >= 15 is 0 Å². The molecule has 0 radical (unpaired) electrons. The Morgan fingerprint density at radius 3 is 2.73 bits per heavy atom. The van der Waals surface area contributed by atoms with Crippen LogP contribution in [0.5, 0.6) is 5.75 Å². The Morgan fingerprint density at radius 1 is 1.36 bits per heavy atom. The second-order valence-electron chi connectivity index (χ2n) is 5.48. The zero-order valence-corrected chi connectivity index (χ0v) is 13.9. The molecule has 118 valence electrons. The zero-order valence-electron chi connectivity index (χ0n) is 12.3. The number of benzene rings is 1. The van der Waals surface area contributed by atoms with Crippen LogP contribution in [0.4, 0.5) is 5.69 Å². The number of hydrogen-bond acceptors (Lipinski definition) is 4. The highest BCUT2D eigenvalue weighted by Crippen LogP contribution is 2.39. The number of fused-ring (bicyclic) bond motifs is 1. The van der Waals surface area contributed by atoms with E-state index in [1.165, 1.54) is 0 Å². The average Bonchev–Trinajstić information content (AvgIpc) is 2.91. The smallest absolute Gasteiger partial charge is 0.177 e. The lowest BCUT2D eigenvalue weighted by molar-refractivity contribution is 0.388.